The first-order valence-corrected chi connectivity index (χ1v) is 33.3. The van der Waals surface area contributed by atoms with E-state index in [-0.39, 0.29) is 61.3 Å². The molecule has 4 aliphatic rings. The lowest BCUT2D eigenvalue weighted by Gasteiger charge is -2.38. The number of hydrogen-bond donors (Lipinski definition) is 5. The number of aryl methyl sites for hydroxylation is 2. The Balaban J connectivity index is 0.000000204. The molecule has 2 saturated heterocycles. The largest absolute Gasteiger partial charge is 0.478 e. The van der Waals surface area contributed by atoms with Gasteiger partial charge in [0.15, 0.2) is 11.6 Å². The zero-order valence-electron chi connectivity index (χ0n) is 58.3. The predicted octanol–water partition coefficient (Wildman–Crippen LogP) is 9.02. The first-order valence-electron chi connectivity index (χ1n) is 33.3. The Labute approximate surface area is 578 Å². The molecule has 0 unspecified atom stereocenters. The van der Waals surface area contributed by atoms with Gasteiger partial charge in [-0.25, -0.2) is 34.3 Å². The summed E-state index contributed by atoms with van der Waals surface area (Å²) in [5.41, 5.74) is 13.2. The first-order chi connectivity index (χ1) is 46.0. The number of imidazole rings is 2. The maximum absolute atomic E-state index is 13.7. The maximum Gasteiger partial charge on any atom is 0.410 e. The third kappa shape index (κ3) is 19.1. The highest BCUT2D eigenvalue weighted by Gasteiger charge is 2.36. The lowest BCUT2D eigenvalue weighted by atomic mass is 10.00. The number of piperidine rings is 2. The van der Waals surface area contributed by atoms with Crippen LogP contribution in [0.1, 0.15) is 101 Å². The van der Waals surface area contributed by atoms with Crippen LogP contribution in [-0.4, -0.2) is 202 Å². The van der Waals surface area contributed by atoms with Crippen molar-refractivity contribution in [1.29, 1.82) is 0 Å². The normalized spacial score (nSPS) is 18.2. The number of carboxylic acid groups (broad SMARTS) is 1. The minimum Gasteiger partial charge on any atom is -0.478 e. The molecule has 25 nitrogen and oxygen atoms in total. The third-order valence-electron chi connectivity index (χ3n) is 17.1. The molecule has 2 aliphatic heterocycles. The van der Waals surface area contributed by atoms with Gasteiger partial charge in [0.1, 0.15) is 22.5 Å². The van der Waals surface area contributed by atoms with Gasteiger partial charge in [-0.3, -0.25) is 14.4 Å². The number of carboxylic acids is 1. The quantitative estimate of drug-likeness (QED) is 0.0531. The minimum absolute atomic E-state index is 0. The fourth-order valence-electron chi connectivity index (χ4n) is 12.2. The van der Waals surface area contributed by atoms with Crippen LogP contribution in [0.3, 0.4) is 0 Å². The van der Waals surface area contributed by atoms with Crippen molar-refractivity contribution in [3.8, 4) is 23.0 Å². The topological polar surface area (TPSA) is 287 Å². The summed E-state index contributed by atoms with van der Waals surface area (Å²) in [6.07, 6.45) is 14.8. The molecule has 4 atom stereocenters. The van der Waals surface area contributed by atoms with E-state index < -0.39 is 35.4 Å². The zero-order valence-corrected chi connectivity index (χ0v) is 59.1. The number of benzene rings is 2. The van der Waals surface area contributed by atoms with E-state index in [1.54, 1.807) is 28.0 Å². The smallest absolute Gasteiger partial charge is 0.410 e. The molecule has 8 heterocycles. The van der Waals surface area contributed by atoms with E-state index in [9.17, 15) is 28.8 Å². The number of carbonyl (C=O) groups excluding carboxylic acids is 5. The molecule has 0 radical (unpaired) electrons. The van der Waals surface area contributed by atoms with Crippen LogP contribution in [0.25, 0.3) is 67.2 Å². The number of ether oxygens (including phenoxy) is 2. The summed E-state index contributed by atoms with van der Waals surface area (Å²) in [6, 6.07) is 22.2. The molecule has 524 valence electrons. The van der Waals surface area contributed by atoms with Crippen molar-refractivity contribution in [2.24, 2.45) is 31.7 Å². The van der Waals surface area contributed by atoms with Gasteiger partial charge >= 0.3 is 18.2 Å². The number of pyridine rings is 2. The molecule has 2 saturated carbocycles. The Hall–Kier alpha value is -9.17. The van der Waals surface area contributed by atoms with Crippen LogP contribution in [0.2, 0.25) is 0 Å². The van der Waals surface area contributed by atoms with E-state index in [2.05, 4.69) is 68.5 Å². The summed E-state index contributed by atoms with van der Waals surface area (Å²) < 4.78 is 19.8. The van der Waals surface area contributed by atoms with Gasteiger partial charge in [-0.2, -0.15) is 0 Å². The number of nitrogens with one attached hydrogen (secondary N) is 3. The van der Waals surface area contributed by atoms with Gasteiger partial charge < -0.3 is 74.1 Å². The number of rotatable bonds is 17. The Morgan fingerprint density at radius 1 is 0.592 bits per heavy atom. The summed E-state index contributed by atoms with van der Waals surface area (Å²) >= 11 is 0. The van der Waals surface area contributed by atoms with Crippen molar-refractivity contribution in [3.05, 3.63) is 121 Å². The van der Waals surface area contributed by atoms with E-state index in [4.69, 9.17) is 30.3 Å². The van der Waals surface area contributed by atoms with E-state index in [1.165, 1.54) is 31.8 Å². The molecule has 6 N–H and O–H groups in total. The zero-order chi connectivity index (χ0) is 69.6. The van der Waals surface area contributed by atoms with Gasteiger partial charge in [-0.1, -0.05) is 12.2 Å². The average Bonchev–Trinajstić information content (AvgIpc) is 1.62. The molecular formula is C72H95ClN16O9. The van der Waals surface area contributed by atoms with Crippen molar-refractivity contribution in [3.63, 3.8) is 0 Å². The van der Waals surface area contributed by atoms with E-state index in [1.807, 2.05) is 148 Å². The average molecular weight is 1360 g/mol. The molecule has 98 heavy (non-hydrogen) atoms. The van der Waals surface area contributed by atoms with Gasteiger partial charge in [-0.05, 0) is 193 Å². The second-order valence-corrected chi connectivity index (χ2v) is 28.6. The molecular weight excluding hydrogens is 1270 g/mol. The summed E-state index contributed by atoms with van der Waals surface area (Å²) in [4.78, 5) is 102. The number of likely N-dealkylation sites (N-methyl/N-ethyl adjacent to an activating group) is 2. The van der Waals surface area contributed by atoms with Crippen LogP contribution in [0.15, 0.2) is 109 Å². The maximum atomic E-state index is 13.7. The van der Waals surface area contributed by atoms with Crippen LogP contribution >= 0.6 is 12.4 Å². The molecule has 26 heteroatoms. The monoisotopic (exact) mass is 1360 g/mol. The van der Waals surface area contributed by atoms with Crippen LogP contribution < -0.4 is 21.7 Å². The van der Waals surface area contributed by atoms with Gasteiger partial charge in [0.05, 0.1) is 33.5 Å². The van der Waals surface area contributed by atoms with Crippen LogP contribution in [0.5, 0.6) is 0 Å². The minimum atomic E-state index is -0.892. The van der Waals surface area contributed by atoms with E-state index >= 15 is 0 Å². The van der Waals surface area contributed by atoms with Crippen LogP contribution in [0.4, 0.5) is 9.59 Å². The van der Waals surface area contributed by atoms with Gasteiger partial charge in [-0.15, -0.1) is 12.4 Å². The van der Waals surface area contributed by atoms with Gasteiger partial charge in [0, 0.05) is 137 Å². The highest BCUT2D eigenvalue weighted by Crippen LogP contribution is 2.38. The van der Waals surface area contributed by atoms with Crippen molar-refractivity contribution < 1.29 is 43.3 Å². The lowest BCUT2D eigenvalue weighted by molar-refractivity contribution is -0.131. The van der Waals surface area contributed by atoms with Gasteiger partial charge in [0.25, 0.3) is 11.8 Å². The molecule has 12 rings (SSSR count). The van der Waals surface area contributed by atoms with Crippen molar-refractivity contribution in [1.82, 2.24) is 73.8 Å². The van der Waals surface area contributed by atoms with Crippen molar-refractivity contribution in [2.75, 3.05) is 67.5 Å². The number of aromatic nitrogens is 8. The third-order valence-corrected chi connectivity index (χ3v) is 17.1. The molecule has 2 aromatic carbocycles. The molecule has 8 aromatic rings. The molecule has 6 aromatic heterocycles. The molecule has 2 aliphatic carbocycles. The number of fused-ring (bicyclic) bond motifs is 4. The molecule has 5 amide bonds. The highest BCUT2D eigenvalue weighted by atomic mass is 35.5. The van der Waals surface area contributed by atoms with E-state index in [0.29, 0.717) is 67.5 Å². The second-order valence-electron chi connectivity index (χ2n) is 28.6. The Morgan fingerprint density at radius 3 is 1.43 bits per heavy atom. The summed E-state index contributed by atoms with van der Waals surface area (Å²) in [5.74, 6) is 1.37. The second kappa shape index (κ2) is 31.1. The number of carbonyl (C=O) groups is 6. The van der Waals surface area contributed by atoms with E-state index in [0.717, 1.165) is 80.8 Å². The van der Waals surface area contributed by atoms with Crippen molar-refractivity contribution in [2.45, 2.75) is 129 Å². The summed E-state index contributed by atoms with van der Waals surface area (Å²) in [7, 11) is 11.6. The number of likely N-dealkylation sites (tertiary alicyclic amines) is 2. The number of halogens is 1. The summed E-state index contributed by atoms with van der Waals surface area (Å²) in [6.45, 7) is 15.4. The molecule has 0 bridgehead atoms. The fourth-order valence-corrected chi connectivity index (χ4v) is 12.2. The Morgan fingerprint density at radius 2 is 1.01 bits per heavy atom. The fraction of sp³-hybridized carbons (Fsp3) is 0.472. The number of hydrogen-bond acceptors (Lipinski definition) is 15. The highest BCUT2D eigenvalue weighted by molar-refractivity contribution is 5.99. The Bertz CT molecular complexity index is 4260. The van der Waals surface area contributed by atoms with Crippen LogP contribution in [0, 0.1) is 11.8 Å². The molecule has 4 fully saturated rings. The SMILES string of the molecule is CN(C)C/C=C/C(=O)N[C@@H]1C[C@H](NC(=O)c2ccc3c(c2)nc(-c2cc4cccnc4n2CC2CC2)n3C)CN(C(=O)OC(C)(C)C)C1.CN(C)C/C=C/C(=O)O.Cl.Cn1c(-c2cc3cccnc3n2CC2CC2)nc2cc(C(=O)N[C@H]3C[C@@H](N)CN(C(=O)OC(C)(C)C)C3)ccc21. The lowest BCUT2D eigenvalue weighted by Crippen LogP contribution is -2.58. The van der Waals surface area contributed by atoms with Gasteiger partial charge in [0.2, 0.25) is 5.91 Å². The number of nitrogens with two attached hydrogens (primary N) is 1. The molecule has 0 spiro atoms. The first kappa shape index (κ1) is 73.1. The Kier molecular flexibility index (Phi) is 23.2. The number of amides is 5. The summed E-state index contributed by atoms with van der Waals surface area (Å²) in [5, 5.41) is 19.5. The standard InChI is InChI=1S/C36H46N8O4.C30H37N7O3.C6H11NO2.ClH/c1-36(2,3)48-35(47)43-21-26(38-31(45)10-8-16-41(4)5)19-27(22-43)39-34(46)25-13-14-29-28(17-25)40-33(42(29)6)30-18-24-9-7-15-37-32(24)44(30)20-23-11-12-23;1-30(2,3)40-29(39)36-16-21(31)14-22(17-36)33-28(38)20-9-10-24-23(12-20)34-27(35(24)4)25-13-19-6-5-11-32-26(19)37(25)15-18-7-8-18;1-7(2)5-3-4-6(8)9;/h7-10,13-15,17-18,23,26-27H,11-12,16,19-22H2,1-6H3,(H,38,45)(H,39,46);5-6,9-13,18,21-22H,7-8,14-17,31H2,1-4H3,(H,33,38);3-4H,5H2,1-2H3,(H,8,9);1H/b10-8+;;4-3+;/t26-,27+;21-,22+;;/m11../s1. The van der Waals surface area contributed by atoms with Crippen molar-refractivity contribution >= 4 is 92.4 Å². The van der Waals surface area contributed by atoms with Crippen LogP contribution in [-0.2, 0) is 46.2 Å². The number of aliphatic carboxylic acids is 1. The predicted molar refractivity (Wildman–Crippen MR) is 382 cm³/mol. The number of nitrogens with zero attached hydrogens (tertiary/aromatic N) is 12.